The molecule has 2 heterocycles. The SMILES string of the molecule is CC1CC2(CCC2)CN1S(=O)(=O)c1cc(-c2ccccc2)cs1. The van der Waals surface area contributed by atoms with E-state index in [0.717, 1.165) is 17.5 Å². The fourth-order valence-corrected chi connectivity index (χ4v) is 7.05. The van der Waals surface area contributed by atoms with Gasteiger partial charge in [0.1, 0.15) is 4.21 Å². The largest absolute Gasteiger partial charge is 0.252 e. The van der Waals surface area contributed by atoms with Crippen LogP contribution in [0.2, 0.25) is 0 Å². The van der Waals surface area contributed by atoms with Gasteiger partial charge in [0, 0.05) is 12.6 Å². The van der Waals surface area contributed by atoms with Crippen molar-refractivity contribution in [1.82, 2.24) is 4.31 Å². The van der Waals surface area contributed by atoms with E-state index in [-0.39, 0.29) is 11.5 Å². The van der Waals surface area contributed by atoms with Crippen molar-refractivity contribution in [1.29, 1.82) is 0 Å². The standard InChI is InChI=1S/C18H21NO2S2/c1-14-11-18(8-5-9-18)13-19(14)23(20,21)17-10-16(12-22-17)15-6-3-2-4-7-15/h2-4,6-7,10,12,14H,5,8-9,11,13H2,1H3. The van der Waals surface area contributed by atoms with Crippen LogP contribution in [0.1, 0.15) is 32.6 Å². The average molecular weight is 348 g/mol. The molecule has 2 aromatic rings. The van der Waals surface area contributed by atoms with E-state index in [1.165, 1.54) is 30.6 Å². The monoisotopic (exact) mass is 347 g/mol. The number of benzene rings is 1. The summed E-state index contributed by atoms with van der Waals surface area (Å²) < 4.78 is 28.3. The van der Waals surface area contributed by atoms with Gasteiger partial charge in [-0.15, -0.1) is 11.3 Å². The lowest BCUT2D eigenvalue weighted by Crippen LogP contribution is -2.37. The summed E-state index contributed by atoms with van der Waals surface area (Å²) in [5, 5.41) is 1.95. The first-order valence-corrected chi connectivity index (χ1v) is 10.5. The first kappa shape index (κ1) is 15.4. The van der Waals surface area contributed by atoms with Gasteiger partial charge in [-0.25, -0.2) is 8.42 Å². The number of thiophene rings is 1. The van der Waals surface area contributed by atoms with Gasteiger partial charge in [-0.2, -0.15) is 4.31 Å². The van der Waals surface area contributed by atoms with Crippen molar-refractivity contribution < 1.29 is 8.42 Å². The first-order chi connectivity index (χ1) is 11.0. The van der Waals surface area contributed by atoms with Crippen molar-refractivity contribution in [3.8, 4) is 11.1 Å². The Morgan fingerprint density at radius 2 is 1.91 bits per heavy atom. The smallest absolute Gasteiger partial charge is 0.206 e. The number of rotatable bonds is 3. The summed E-state index contributed by atoms with van der Waals surface area (Å²) in [6, 6.07) is 11.9. The maximum absolute atomic E-state index is 13.1. The number of hydrogen-bond acceptors (Lipinski definition) is 3. The molecule has 1 aliphatic carbocycles. The lowest BCUT2D eigenvalue weighted by atomic mass is 9.68. The van der Waals surface area contributed by atoms with Gasteiger partial charge in [-0.05, 0) is 54.2 Å². The third-order valence-corrected chi connectivity index (χ3v) is 8.75. The van der Waals surface area contributed by atoms with E-state index >= 15 is 0 Å². The second-order valence-electron chi connectivity index (χ2n) is 6.98. The average Bonchev–Trinajstić information content (AvgIpc) is 3.13. The quantitative estimate of drug-likeness (QED) is 0.827. The summed E-state index contributed by atoms with van der Waals surface area (Å²) >= 11 is 1.34. The van der Waals surface area contributed by atoms with Crippen LogP contribution < -0.4 is 0 Å². The molecule has 0 bridgehead atoms. The molecule has 5 heteroatoms. The van der Waals surface area contributed by atoms with Gasteiger partial charge >= 0.3 is 0 Å². The molecule has 3 nitrogen and oxygen atoms in total. The lowest BCUT2D eigenvalue weighted by molar-refractivity contribution is 0.152. The van der Waals surface area contributed by atoms with Gasteiger partial charge in [0.05, 0.1) is 0 Å². The molecule has 1 saturated carbocycles. The Labute approximate surface area is 142 Å². The summed E-state index contributed by atoms with van der Waals surface area (Å²) in [6.07, 6.45) is 4.63. The van der Waals surface area contributed by atoms with Crippen LogP contribution in [0, 0.1) is 5.41 Å². The number of nitrogens with zero attached hydrogens (tertiary/aromatic N) is 1. The highest BCUT2D eigenvalue weighted by atomic mass is 32.2. The highest BCUT2D eigenvalue weighted by Gasteiger charge is 2.50. The van der Waals surface area contributed by atoms with Crippen molar-refractivity contribution in [2.75, 3.05) is 6.54 Å². The molecule has 23 heavy (non-hydrogen) atoms. The number of sulfonamides is 1. The zero-order valence-corrected chi connectivity index (χ0v) is 14.9. The Balaban J connectivity index is 1.63. The molecule has 0 amide bonds. The van der Waals surface area contributed by atoms with Gasteiger partial charge in [-0.1, -0.05) is 36.8 Å². The van der Waals surface area contributed by atoms with E-state index in [1.54, 1.807) is 4.31 Å². The zero-order valence-electron chi connectivity index (χ0n) is 13.2. The first-order valence-electron chi connectivity index (χ1n) is 8.16. The molecule has 2 fully saturated rings. The van der Waals surface area contributed by atoms with Crippen molar-refractivity contribution in [3.63, 3.8) is 0 Å². The highest BCUT2D eigenvalue weighted by molar-refractivity contribution is 7.91. The molecule has 2 aliphatic rings. The summed E-state index contributed by atoms with van der Waals surface area (Å²) in [4.78, 5) is 0. The van der Waals surface area contributed by atoms with Crippen LogP contribution in [0.4, 0.5) is 0 Å². The maximum atomic E-state index is 13.1. The van der Waals surface area contributed by atoms with Crippen LogP contribution >= 0.6 is 11.3 Å². The fraction of sp³-hybridized carbons (Fsp3) is 0.444. The molecule has 1 spiro atoms. The van der Waals surface area contributed by atoms with Crippen molar-refractivity contribution in [2.24, 2.45) is 5.41 Å². The molecule has 0 N–H and O–H groups in total. The predicted molar refractivity (Wildman–Crippen MR) is 94.0 cm³/mol. The van der Waals surface area contributed by atoms with E-state index in [0.29, 0.717) is 10.8 Å². The van der Waals surface area contributed by atoms with Crippen molar-refractivity contribution in [3.05, 3.63) is 41.8 Å². The zero-order chi connectivity index (χ0) is 16.1. The van der Waals surface area contributed by atoms with Gasteiger partial charge in [0.15, 0.2) is 0 Å². The minimum atomic E-state index is -3.37. The second-order valence-corrected chi connectivity index (χ2v) is 10.0. The summed E-state index contributed by atoms with van der Waals surface area (Å²) in [5.41, 5.74) is 2.32. The molecular formula is C18H21NO2S2. The van der Waals surface area contributed by atoms with Crippen LogP contribution in [0.25, 0.3) is 11.1 Å². The molecule has 4 rings (SSSR count). The molecule has 1 atom stereocenters. The van der Waals surface area contributed by atoms with Crippen molar-refractivity contribution in [2.45, 2.75) is 42.9 Å². The van der Waals surface area contributed by atoms with Gasteiger partial charge in [0.2, 0.25) is 0 Å². The summed E-state index contributed by atoms with van der Waals surface area (Å²) in [6.45, 7) is 2.76. The fourth-order valence-electron chi connectivity index (χ4n) is 3.99. The van der Waals surface area contributed by atoms with Crippen molar-refractivity contribution >= 4 is 21.4 Å². The van der Waals surface area contributed by atoms with E-state index in [2.05, 4.69) is 6.92 Å². The Hall–Kier alpha value is -1.17. The normalized spacial score (nSPS) is 24.0. The minimum absolute atomic E-state index is 0.113. The second kappa shape index (κ2) is 5.43. The molecule has 1 aromatic heterocycles. The van der Waals surface area contributed by atoms with E-state index < -0.39 is 10.0 Å². The van der Waals surface area contributed by atoms with Crippen LogP contribution in [0.15, 0.2) is 46.0 Å². The highest BCUT2D eigenvalue weighted by Crippen LogP contribution is 2.51. The lowest BCUT2D eigenvalue weighted by Gasteiger charge is -2.37. The third-order valence-electron chi connectivity index (χ3n) is 5.37. The Morgan fingerprint density at radius 3 is 2.52 bits per heavy atom. The Kier molecular flexibility index (Phi) is 3.63. The Morgan fingerprint density at radius 1 is 1.17 bits per heavy atom. The van der Waals surface area contributed by atoms with Gasteiger partial charge in [0.25, 0.3) is 10.0 Å². The summed E-state index contributed by atoms with van der Waals surface area (Å²) in [7, 11) is -3.37. The molecule has 1 aromatic carbocycles. The van der Waals surface area contributed by atoms with Crippen LogP contribution in [0.5, 0.6) is 0 Å². The third kappa shape index (κ3) is 2.55. The molecular weight excluding hydrogens is 326 g/mol. The molecule has 1 aliphatic heterocycles. The topological polar surface area (TPSA) is 37.4 Å². The number of hydrogen-bond donors (Lipinski definition) is 0. The van der Waals surface area contributed by atoms with Crippen LogP contribution in [0.3, 0.4) is 0 Å². The van der Waals surface area contributed by atoms with Crippen LogP contribution in [-0.4, -0.2) is 25.3 Å². The van der Waals surface area contributed by atoms with Gasteiger partial charge in [-0.3, -0.25) is 0 Å². The molecule has 122 valence electrons. The van der Waals surface area contributed by atoms with Gasteiger partial charge < -0.3 is 0 Å². The molecule has 1 saturated heterocycles. The van der Waals surface area contributed by atoms with E-state index in [9.17, 15) is 8.42 Å². The van der Waals surface area contributed by atoms with Crippen LogP contribution in [-0.2, 0) is 10.0 Å². The van der Waals surface area contributed by atoms with E-state index in [4.69, 9.17) is 0 Å². The van der Waals surface area contributed by atoms with E-state index in [1.807, 2.05) is 41.8 Å². The molecule has 1 unspecified atom stereocenters. The predicted octanol–water partition coefficient (Wildman–Crippen LogP) is 4.37. The Bertz CT molecular complexity index is 807. The maximum Gasteiger partial charge on any atom is 0.252 e. The summed E-state index contributed by atoms with van der Waals surface area (Å²) in [5.74, 6) is 0. The minimum Gasteiger partial charge on any atom is -0.206 e. The molecule has 0 radical (unpaired) electrons.